The Balaban J connectivity index is 1.57. The zero-order valence-corrected chi connectivity index (χ0v) is 14.6. The molecular formula is C17H24N2O3S. The van der Waals surface area contributed by atoms with Crippen LogP contribution in [0.1, 0.15) is 24.8 Å². The lowest BCUT2D eigenvalue weighted by molar-refractivity contribution is -0.281. The number of thiocarbonyl (C=S) groups is 1. The summed E-state index contributed by atoms with van der Waals surface area (Å²) in [5, 5.41) is 4.10. The van der Waals surface area contributed by atoms with Gasteiger partial charge in [0.1, 0.15) is 5.75 Å². The Kier molecular flexibility index (Phi) is 5.04. The van der Waals surface area contributed by atoms with Crippen molar-refractivity contribution in [2.45, 2.75) is 32.0 Å². The van der Waals surface area contributed by atoms with Gasteiger partial charge >= 0.3 is 0 Å². The molecule has 3 rings (SSSR count). The maximum absolute atomic E-state index is 5.87. The highest BCUT2D eigenvalue weighted by Crippen LogP contribution is 2.31. The third kappa shape index (κ3) is 3.76. The van der Waals surface area contributed by atoms with Crippen LogP contribution in [0.3, 0.4) is 0 Å². The molecule has 0 aromatic heterocycles. The molecule has 0 atom stereocenters. The molecule has 0 radical (unpaired) electrons. The van der Waals surface area contributed by atoms with Gasteiger partial charge in [-0.15, -0.1) is 0 Å². The Morgan fingerprint density at radius 1 is 1.26 bits per heavy atom. The fraction of sp³-hybridized carbons (Fsp3) is 0.588. The number of rotatable bonds is 2. The average molecular weight is 336 g/mol. The van der Waals surface area contributed by atoms with Gasteiger partial charge in [0, 0.05) is 31.6 Å². The molecule has 2 aliphatic heterocycles. The minimum Gasteiger partial charge on any atom is -0.497 e. The van der Waals surface area contributed by atoms with Crippen molar-refractivity contribution in [2.75, 3.05) is 38.7 Å². The summed E-state index contributed by atoms with van der Waals surface area (Å²) in [6.45, 7) is 5.34. The average Bonchev–Trinajstić information content (AvgIpc) is 2.58. The van der Waals surface area contributed by atoms with Gasteiger partial charge in [-0.1, -0.05) is 0 Å². The summed E-state index contributed by atoms with van der Waals surface area (Å²) in [6, 6.07) is 5.94. The van der Waals surface area contributed by atoms with Crippen molar-refractivity contribution in [1.82, 2.24) is 4.90 Å². The van der Waals surface area contributed by atoms with E-state index in [0.29, 0.717) is 0 Å². The van der Waals surface area contributed by atoms with E-state index >= 15 is 0 Å². The Morgan fingerprint density at radius 2 is 1.96 bits per heavy atom. The molecule has 1 spiro atoms. The number of ether oxygens (including phenoxy) is 3. The molecule has 2 aliphatic rings. The molecule has 2 heterocycles. The molecule has 0 aliphatic carbocycles. The van der Waals surface area contributed by atoms with E-state index in [4.69, 9.17) is 26.4 Å². The summed E-state index contributed by atoms with van der Waals surface area (Å²) in [7, 11) is 1.67. The van der Waals surface area contributed by atoms with Gasteiger partial charge in [-0.2, -0.15) is 0 Å². The zero-order chi connectivity index (χ0) is 16.3. The highest BCUT2D eigenvalue weighted by molar-refractivity contribution is 7.80. The van der Waals surface area contributed by atoms with Gasteiger partial charge in [0.25, 0.3) is 0 Å². The maximum atomic E-state index is 5.87. The second-order valence-corrected chi connectivity index (χ2v) is 6.45. The smallest absolute Gasteiger partial charge is 0.173 e. The van der Waals surface area contributed by atoms with Crippen LogP contribution in [-0.2, 0) is 9.47 Å². The molecule has 0 bridgehead atoms. The van der Waals surface area contributed by atoms with E-state index < -0.39 is 0 Å². The van der Waals surface area contributed by atoms with Crippen LogP contribution in [-0.4, -0.2) is 49.2 Å². The first-order valence-electron chi connectivity index (χ1n) is 8.10. The monoisotopic (exact) mass is 336 g/mol. The van der Waals surface area contributed by atoms with Crippen molar-refractivity contribution >= 4 is 23.0 Å². The highest BCUT2D eigenvalue weighted by Gasteiger charge is 2.38. The van der Waals surface area contributed by atoms with Crippen LogP contribution in [0.15, 0.2) is 18.2 Å². The predicted molar refractivity (Wildman–Crippen MR) is 94.0 cm³/mol. The number of anilines is 1. The van der Waals surface area contributed by atoms with Gasteiger partial charge in [0.15, 0.2) is 10.9 Å². The van der Waals surface area contributed by atoms with Crippen LogP contribution in [0, 0.1) is 6.92 Å². The van der Waals surface area contributed by atoms with Crippen molar-refractivity contribution in [3.05, 3.63) is 23.8 Å². The molecular weight excluding hydrogens is 312 g/mol. The number of nitrogens with one attached hydrogen (secondary N) is 1. The van der Waals surface area contributed by atoms with Crippen molar-refractivity contribution in [1.29, 1.82) is 0 Å². The van der Waals surface area contributed by atoms with Gasteiger partial charge in [-0.25, -0.2) is 0 Å². The molecule has 126 valence electrons. The molecule has 1 aromatic rings. The van der Waals surface area contributed by atoms with Crippen molar-refractivity contribution in [3.8, 4) is 5.75 Å². The number of benzene rings is 1. The number of likely N-dealkylation sites (tertiary alicyclic amines) is 1. The number of aryl methyl sites for hydroxylation is 1. The van der Waals surface area contributed by atoms with Crippen LogP contribution >= 0.6 is 12.2 Å². The largest absolute Gasteiger partial charge is 0.497 e. The predicted octanol–water partition coefficient (Wildman–Crippen LogP) is 2.93. The van der Waals surface area contributed by atoms with Crippen molar-refractivity contribution in [3.63, 3.8) is 0 Å². The lowest BCUT2D eigenvalue weighted by atomic mass is 10.0. The van der Waals surface area contributed by atoms with E-state index in [0.717, 1.165) is 67.7 Å². The molecule has 23 heavy (non-hydrogen) atoms. The first-order chi connectivity index (χ1) is 11.1. The standard InChI is InChI=1S/C17H24N2O3S/c1-13-12-14(20-2)4-5-15(13)18-16(23)19-8-6-17(7-9-19)21-10-3-11-22-17/h4-5,12H,3,6-11H2,1-2H3,(H,18,23). The SMILES string of the molecule is COc1ccc(NC(=S)N2CCC3(CC2)OCCCO3)c(C)c1. The zero-order valence-electron chi connectivity index (χ0n) is 13.8. The van der Waals surface area contributed by atoms with Gasteiger partial charge in [0.05, 0.1) is 20.3 Å². The lowest BCUT2D eigenvalue weighted by Crippen LogP contribution is -2.52. The number of hydrogen-bond acceptors (Lipinski definition) is 4. The van der Waals surface area contributed by atoms with Crippen LogP contribution < -0.4 is 10.1 Å². The molecule has 0 unspecified atom stereocenters. The molecule has 6 heteroatoms. The topological polar surface area (TPSA) is 43.0 Å². The Morgan fingerprint density at radius 3 is 2.57 bits per heavy atom. The number of hydrogen-bond donors (Lipinski definition) is 1. The maximum Gasteiger partial charge on any atom is 0.173 e. The summed E-state index contributed by atoms with van der Waals surface area (Å²) in [5.41, 5.74) is 2.13. The first-order valence-corrected chi connectivity index (χ1v) is 8.51. The molecule has 5 nitrogen and oxygen atoms in total. The summed E-state index contributed by atoms with van der Waals surface area (Å²) in [4.78, 5) is 2.19. The van der Waals surface area contributed by atoms with E-state index in [1.54, 1.807) is 7.11 Å². The fourth-order valence-corrected chi connectivity index (χ4v) is 3.35. The summed E-state index contributed by atoms with van der Waals surface area (Å²) in [6.07, 6.45) is 2.70. The van der Waals surface area contributed by atoms with Crippen LogP contribution in [0.4, 0.5) is 5.69 Å². The molecule has 2 fully saturated rings. The second kappa shape index (κ2) is 7.03. The van der Waals surface area contributed by atoms with Crippen LogP contribution in [0.5, 0.6) is 5.75 Å². The van der Waals surface area contributed by atoms with Crippen LogP contribution in [0.2, 0.25) is 0 Å². The summed E-state index contributed by atoms with van der Waals surface area (Å²) in [5.74, 6) is 0.478. The molecule has 1 aromatic carbocycles. The normalized spacial score (nSPS) is 20.3. The van der Waals surface area contributed by atoms with Crippen molar-refractivity contribution in [2.24, 2.45) is 0 Å². The number of nitrogens with zero attached hydrogens (tertiary/aromatic N) is 1. The number of methoxy groups -OCH3 is 1. The van der Waals surface area contributed by atoms with Gasteiger partial charge < -0.3 is 24.4 Å². The first kappa shape index (κ1) is 16.5. The quantitative estimate of drug-likeness (QED) is 0.838. The second-order valence-electron chi connectivity index (χ2n) is 6.06. The lowest BCUT2D eigenvalue weighted by Gasteiger charge is -2.44. The van der Waals surface area contributed by atoms with Gasteiger partial charge in [-0.05, 0) is 49.3 Å². The fourth-order valence-electron chi connectivity index (χ4n) is 3.05. The Hall–Kier alpha value is -1.37. The third-order valence-electron chi connectivity index (χ3n) is 4.51. The van der Waals surface area contributed by atoms with E-state index in [1.165, 1.54) is 0 Å². The van der Waals surface area contributed by atoms with Gasteiger partial charge in [-0.3, -0.25) is 0 Å². The summed E-state index contributed by atoms with van der Waals surface area (Å²) < 4.78 is 17.0. The van der Waals surface area contributed by atoms with Gasteiger partial charge in [0.2, 0.25) is 0 Å². The minimum atomic E-state index is -0.375. The minimum absolute atomic E-state index is 0.375. The van der Waals surface area contributed by atoms with Crippen molar-refractivity contribution < 1.29 is 14.2 Å². The van der Waals surface area contributed by atoms with E-state index in [1.807, 2.05) is 25.1 Å². The van der Waals surface area contributed by atoms with E-state index in [2.05, 4.69) is 10.2 Å². The Bertz CT molecular complexity index is 563. The van der Waals surface area contributed by atoms with E-state index in [-0.39, 0.29) is 5.79 Å². The molecule has 0 amide bonds. The summed E-state index contributed by atoms with van der Waals surface area (Å²) >= 11 is 5.57. The van der Waals surface area contributed by atoms with E-state index in [9.17, 15) is 0 Å². The molecule has 2 saturated heterocycles. The third-order valence-corrected chi connectivity index (χ3v) is 4.87. The molecule has 0 saturated carbocycles. The molecule has 1 N–H and O–H groups in total. The Labute approximate surface area is 142 Å². The van der Waals surface area contributed by atoms with Crippen LogP contribution in [0.25, 0.3) is 0 Å². The number of piperidine rings is 1. The highest BCUT2D eigenvalue weighted by atomic mass is 32.1.